The van der Waals surface area contributed by atoms with Crippen molar-refractivity contribution in [2.24, 2.45) is 0 Å². The van der Waals surface area contributed by atoms with Gasteiger partial charge in [0.25, 0.3) is 0 Å². The molecule has 86 valence electrons. The number of nitrogens with zero attached hydrogens (tertiary/aromatic N) is 4. The predicted octanol–water partition coefficient (Wildman–Crippen LogP) is 2.16. The number of aryl methyl sites for hydroxylation is 2. The van der Waals surface area contributed by atoms with Crippen LogP contribution in [0.15, 0.2) is 37.4 Å². The molecular formula is C10H14N4S2. The average molecular weight is 254 g/mol. The van der Waals surface area contributed by atoms with E-state index in [9.17, 15) is 0 Å². The lowest BCUT2D eigenvalue weighted by Crippen LogP contribution is -1.98. The summed E-state index contributed by atoms with van der Waals surface area (Å²) < 4.78 is 4.20. The predicted molar refractivity (Wildman–Crippen MR) is 69.4 cm³/mol. The molecule has 2 aromatic rings. The van der Waals surface area contributed by atoms with Crippen LogP contribution in [0.3, 0.4) is 0 Å². The Kier molecular flexibility index (Phi) is 4.82. The summed E-state index contributed by atoms with van der Waals surface area (Å²) in [5.74, 6) is 2.23. The Morgan fingerprint density at radius 2 is 1.31 bits per heavy atom. The van der Waals surface area contributed by atoms with E-state index in [4.69, 9.17) is 0 Å². The molecule has 0 unspecified atom stereocenters. The Morgan fingerprint density at radius 1 is 0.812 bits per heavy atom. The molecule has 0 bridgehead atoms. The van der Waals surface area contributed by atoms with E-state index in [1.165, 1.54) is 0 Å². The zero-order valence-electron chi connectivity index (χ0n) is 8.90. The lowest BCUT2D eigenvalue weighted by molar-refractivity contribution is 0.770. The number of hydrogen-bond acceptors (Lipinski definition) is 4. The van der Waals surface area contributed by atoms with Gasteiger partial charge in [0.15, 0.2) is 0 Å². The third-order valence-electron chi connectivity index (χ3n) is 2.07. The number of rotatable bonds is 7. The molecule has 0 atom stereocenters. The Balaban J connectivity index is 1.49. The molecule has 2 rings (SSSR count). The van der Waals surface area contributed by atoms with Crippen LogP contribution >= 0.6 is 21.6 Å². The Labute approximate surface area is 103 Å². The number of imidazole rings is 2. The molecule has 2 heterocycles. The van der Waals surface area contributed by atoms with Gasteiger partial charge in [0.05, 0.1) is 12.7 Å². The highest BCUT2D eigenvalue weighted by Crippen LogP contribution is 2.21. The molecular weight excluding hydrogens is 240 g/mol. The first-order valence-electron chi connectivity index (χ1n) is 5.11. The molecule has 0 fully saturated rings. The van der Waals surface area contributed by atoms with Crippen LogP contribution in [0.2, 0.25) is 0 Å². The van der Waals surface area contributed by atoms with Gasteiger partial charge in [0.2, 0.25) is 0 Å². The van der Waals surface area contributed by atoms with Crippen molar-refractivity contribution in [2.45, 2.75) is 13.1 Å². The summed E-state index contributed by atoms with van der Waals surface area (Å²) in [6.07, 6.45) is 11.3. The van der Waals surface area contributed by atoms with Crippen molar-refractivity contribution in [2.75, 3.05) is 11.5 Å². The summed E-state index contributed by atoms with van der Waals surface area (Å²) in [4.78, 5) is 8.02. The lowest BCUT2D eigenvalue weighted by atomic mass is 10.7. The minimum absolute atomic E-state index is 1.03. The quantitative estimate of drug-likeness (QED) is 0.560. The van der Waals surface area contributed by atoms with E-state index in [0.29, 0.717) is 0 Å². The maximum absolute atomic E-state index is 4.01. The molecule has 2 aromatic heterocycles. The van der Waals surface area contributed by atoms with Crippen LogP contribution in [0, 0.1) is 0 Å². The van der Waals surface area contributed by atoms with Crippen LogP contribution in [0.1, 0.15) is 0 Å². The molecule has 16 heavy (non-hydrogen) atoms. The zero-order valence-corrected chi connectivity index (χ0v) is 10.5. The highest BCUT2D eigenvalue weighted by atomic mass is 33.1. The minimum atomic E-state index is 1.03. The summed E-state index contributed by atoms with van der Waals surface area (Å²) in [5.41, 5.74) is 0. The first-order chi connectivity index (χ1) is 7.95. The van der Waals surface area contributed by atoms with E-state index in [2.05, 4.69) is 19.1 Å². The van der Waals surface area contributed by atoms with Gasteiger partial charge in [-0.25, -0.2) is 9.97 Å². The summed E-state index contributed by atoms with van der Waals surface area (Å²) in [6.45, 7) is 2.06. The molecule has 6 heteroatoms. The fraction of sp³-hybridized carbons (Fsp3) is 0.400. The van der Waals surface area contributed by atoms with E-state index in [1.807, 2.05) is 59.0 Å². The van der Waals surface area contributed by atoms with Gasteiger partial charge in [0, 0.05) is 49.4 Å². The Bertz CT molecular complexity index is 333. The molecule has 0 amide bonds. The van der Waals surface area contributed by atoms with Gasteiger partial charge in [-0.3, -0.25) is 0 Å². The van der Waals surface area contributed by atoms with Crippen LogP contribution in [0.5, 0.6) is 0 Å². The molecule has 0 N–H and O–H groups in total. The molecule has 0 spiro atoms. The highest BCUT2D eigenvalue weighted by molar-refractivity contribution is 8.76. The van der Waals surface area contributed by atoms with Gasteiger partial charge < -0.3 is 9.13 Å². The van der Waals surface area contributed by atoms with Crippen LogP contribution < -0.4 is 0 Å². The second-order valence-electron chi connectivity index (χ2n) is 3.24. The Hall–Kier alpha value is -0.880. The molecule has 0 radical (unpaired) electrons. The van der Waals surface area contributed by atoms with E-state index in [1.54, 1.807) is 0 Å². The molecule has 0 aliphatic rings. The van der Waals surface area contributed by atoms with Crippen LogP contribution in [-0.2, 0) is 13.1 Å². The van der Waals surface area contributed by atoms with Gasteiger partial charge >= 0.3 is 0 Å². The molecule has 4 nitrogen and oxygen atoms in total. The molecule has 0 saturated heterocycles. The van der Waals surface area contributed by atoms with E-state index < -0.39 is 0 Å². The van der Waals surface area contributed by atoms with Gasteiger partial charge in [-0.1, -0.05) is 21.6 Å². The van der Waals surface area contributed by atoms with Crippen molar-refractivity contribution in [1.82, 2.24) is 19.1 Å². The first kappa shape index (κ1) is 11.6. The summed E-state index contributed by atoms with van der Waals surface area (Å²) in [6, 6.07) is 0. The molecule has 0 aliphatic heterocycles. The van der Waals surface area contributed by atoms with Crippen molar-refractivity contribution in [3.05, 3.63) is 37.4 Å². The lowest BCUT2D eigenvalue weighted by Gasteiger charge is -2.03. The third-order valence-corrected chi connectivity index (χ3v) is 4.43. The van der Waals surface area contributed by atoms with E-state index in [0.717, 1.165) is 24.6 Å². The zero-order chi connectivity index (χ0) is 11.1. The molecule has 0 aromatic carbocycles. The van der Waals surface area contributed by atoms with E-state index >= 15 is 0 Å². The summed E-state index contributed by atoms with van der Waals surface area (Å²) >= 11 is 0. The average Bonchev–Trinajstić information content (AvgIpc) is 2.96. The third kappa shape index (κ3) is 3.94. The molecule has 0 aliphatic carbocycles. The summed E-state index contributed by atoms with van der Waals surface area (Å²) in [7, 11) is 3.82. The van der Waals surface area contributed by atoms with Crippen molar-refractivity contribution in [3.63, 3.8) is 0 Å². The fourth-order valence-electron chi connectivity index (χ4n) is 1.24. The maximum atomic E-state index is 4.01. The topological polar surface area (TPSA) is 35.6 Å². The van der Waals surface area contributed by atoms with Crippen molar-refractivity contribution in [1.29, 1.82) is 0 Å². The normalized spacial score (nSPS) is 10.8. The van der Waals surface area contributed by atoms with Gasteiger partial charge in [0.1, 0.15) is 0 Å². The second-order valence-corrected chi connectivity index (χ2v) is 5.95. The Morgan fingerprint density at radius 3 is 1.69 bits per heavy atom. The first-order valence-corrected chi connectivity index (χ1v) is 7.60. The summed E-state index contributed by atoms with van der Waals surface area (Å²) in [5, 5.41) is 0. The van der Waals surface area contributed by atoms with Gasteiger partial charge in [-0.2, -0.15) is 0 Å². The highest BCUT2D eigenvalue weighted by Gasteiger charge is 1.94. The standard InChI is InChI=1S/C10H14N4S2/c1-3-13(9-11-1)5-7-15-16-8-6-14-4-2-12-10-14/h1-4,9-10H,5-8H2. The monoisotopic (exact) mass is 254 g/mol. The largest absolute Gasteiger partial charge is 0.337 e. The van der Waals surface area contributed by atoms with Crippen molar-refractivity contribution < 1.29 is 0 Å². The number of hydrogen-bond donors (Lipinski definition) is 0. The van der Waals surface area contributed by atoms with Crippen molar-refractivity contribution in [3.8, 4) is 0 Å². The van der Waals surface area contributed by atoms with E-state index in [-0.39, 0.29) is 0 Å². The van der Waals surface area contributed by atoms with Crippen LogP contribution in [0.25, 0.3) is 0 Å². The SMILES string of the molecule is c1cn(CCSSCCn2ccnc2)cn1. The molecule has 0 saturated carbocycles. The van der Waals surface area contributed by atoms with Crippen molar-refractivity contribution >= 4 is 21.6 Å². The minimum Gasteiger partial charge on any atom is -0.337 e. The van der Waals surface area contributed by atoms with Crippen LogP contribution in [0.4, 0.5) is 0 Å². The van der Waals surface area contributed by atoms with Gasteiger partial charge in [-0.05, 0) is 0 Å². The van der Waals surface area contributed by atoms with Crippen LogP contribution in [-0.4, -0.2) is 30.6 Å². The second kappa shape index (κ2) is 6.65. The smallest absolute Gasteiger partial charge is 0.0946 e. The van der Waals surface area contributed by atoms with Gasteiger partial charge in [-0.15, -0.1) is 0 Å². The maximum Gasteiger partial charge on any atom is 0.0946 e. The fourth-order valence-corrected chi connectivity index (χ4v) is 3.20. The number of aromatic nitrogens is 4.